The standard InChI is InChI=1S/C15H19N3O3S2/c1-17(12-13-3-2-10-22-13)15-5-4-14(11-16-15)23(19,20)18-6-8-21-9-7-18/h2-5,10-11H,6-9,12H2,1H3/p+1. The van der Waals surface area contributed by atoms with Crippen molar-refractivity contribution in [1.29, 1.82) is 0 Å². The third-order valence-electron chi connectivity index (χ3n) is 3.76. The number of hydrogen-bond acceptors (Lipinski definition) is 5. The van der Waals surface area contributed by atoms with Gasteiger partial charge < -0.3 is 4.74 Å². The number of hydrogen-bond donors (Lipinski definition) is 0. The number of rotatable bonds is 5. The molecule has 0 spiro atoms. The highest BCUT2D eigenvalue weighted by atomic mass is 32.2. The second kappa shape index (κ2) is 6.96. The molecule has 0 atom stereocenters. The third-order valence-corrected chi connectivity index (χ3v) is 6.52. The molecule has 2 aromatic heterocycles. The van der Waals surface area contributed by atoms with Crippen molar-refractivity contribution in [3.8, 4) is 0 Å². The zero-order valence-electron chi connectivity index (χ0n) is 12.9. The summed E-state index contributed by atoms with van der Waals surface area (Å²) in [4.78, 5) is 6.68. The van der Waals surface area contributed by atoms with Crippen LogP contribution in [0.15, 0.2) is 40.7 Å². The van der Waals surface area contributed by atoms with Gasteiger partial charge in [0.25, 0.3) is 5.82 Å². The molecule has 124 valence electrons. The number of aromatic nitrogens is 1. The second-order valence-electron chi connectivity index (χ2n) is 5.36. The van der Waals surface area contributed by atoms with Gasteiger partial charge in [0, 0.05) is 24.0 Å². The molecule has 0 aromatic carbocycles. The molecule has 3 heterocycles. The van der Waals surface area contributed by atoms with Crippen LogP contribution >= 0.6 is 11.3 Å². The fourth-order valence-electron chi connectivity index (χ4n) is 2.46. The van der Waals surface area contributed by atoms with Gasteiger partial charge in [-0.15, -0.1) is 11.3 Å². The summed E-state index contributed by atoms with van der Waals surface area (Å²) < 4.78 is 31.8. The van der Waals surface area contributed by atoms with Crippen molar-refractivity contribution in [2.75, 3.05) is 38.3 Å². The Morgan fingerprint density at radius 3 is 2.70 bits per heavy atom. The average molecular weight is 354 g/mol. The number of sulfonamides is 1. The van der Waals surface area contributed by atoms with Gasteiger partial charge in [-0.05, 0) is 17.5 Å². The van der Waals surface area contributed by atoms with E-state index >= 15 is 0 Å². The van der Waals surface area contributed by atoms with Gasteiger partial charge in [0.2, 0.25) is 10.0 Å². The number of nitrogens with zero attached hydrogens (tertiary/aromatic N) is 2. The van der Waals surface area contributed by atoms with E-state index in [1.807, 2.05) is 18.5 Å². The van der Waals surface area contributed by atoms with Crippen LogP contribution in [0.5, 0.6) is 0 Å². The van der Waals surface area contributed by atoms with Gasteiger partial charge in [0.15, 0.2) is 0 Å². The largest absolute Gasteiger partial charge is 0.379 e. The number of aromatic amines is 1. The predicted molar refractivity (Wildman–Crippen MR) is 89.0 cm³/mol. The van der Waals surface area contributed by atoms with E-state index in [4.69, 9.17) is 4.74 Å². The molecule has 0 saturated carbocycles. The quantitative estimate of drug-likeness (QED) is 0.810. The van der Waals surface area contributed by atoms with Crippen LogP contribution in [0.3, 0.4) is 0 Å². The molecule has 1 N–H and O–H groups in total. The van der Waals surface area contributed by atoms with Crippen molar-refractivity contribution in [1.82, 2.24) is 4.31 Å². The molecular formula is C15H20N3O3S2+. The van der Waals surface area contributed by atoms with E-state index in [0.717, 1.165) is 12.4 Å². The monoisotopic (exact) mass is 354 g/mol. The minimum atomic E-state index is -3.45. The van der Waals surface area contributed by atoms with Gasteiger partial charge in [0.05, 0.1) is 20.3 Å². The SMILES string of the molecule is CN(Cc1cccs1)c1ccc(S(=O)(=O)N2CCOCC2)c[nH+]1. The Bertz CT molecular complexity index is 724. The van der Waals surface area contributed by atoms with Crippen molar-refractivity contribution in [2.45, 2.75) is 11.4 Å². The van der Waals surface area contributed by atoms with Crippen LogP contribution in [-0.2, 0) is 21.3 Å². The summed E-state index contributed by atoms with van der Waals surface area (Å²) in [5.41, 5.74) is 0. The van der Waals surface area contributed by atoms with Gasteiger partial charge in [0.1, 0.15) is 17.6 Å². The Morgan fingerprint density at radius 2 is 2.09 bits per heavy atom. The summed E-state index contributed by atoms with van der Waals surface area (Å²) in [5, 5.41) is 2.05. The van der Waals surface area contributed by atoms with Gasteiger partial charge in [-0.1, -0.05) is 6.07 Å². The average Bonchev–Trinajstić information content (AvgIpc) is 3.09. The van der Waals surface area contributed by atoms with Gasteiger partial charge in [-0.25, -0.2) is 13.4 Å². The Balaban J connectivity index is 1.73. The summed E-state index contributed by atoms with van der Waals surface area (Å²) in [6.07, 6.45) is 1.56. The molecule has 0 bridgehead atoms. The van der Waals surface area contributed by atoms with E-state index in [1.54, 1.807) is 29.7 Å². The first-order valence-corrected chi connectivity index (χ1v) is 9.72. The van der Waals surface area contributed by atoms with E-state index in [-0.39, 0.29) is 4.90 Å². The highest BCUT2D eigenvalue weighted by molar-refractivity contribution is 7.89. The van der Waals surface area contributed by atoms with Crippen molar-refractivity contribution in [2.24, 2.45) is 0 Å². The lowest BCUT2D eigenvalue weighted by atomic mass is 10.4. The van der Waals surface area contributed by atoms with Gasteiger partial charge in [-0.3, -0.25) is 4.90 Å². The third kappa shape index (κ3) is 3.72. The van der Waals surface area contributed by atoms with Crippen molar-refractivity contribution in [3.63, 3.8) is 0 Å². The van der Waals surface area contributed by atoms with Crippen LogP contribution in [0, 0.1) is 0 Å². The first-order valence-electron chi connectivity index (χ1n) is 7.40. The Hall–Kier alpha value is -1.48. The number of anilines is 1. The summed E-state index contributed by atoms with van der Waals surface area (Å²) in [6.45, 7) is 2.49. The number of nitrogens with one attached hydrogen (secondary N) is 1. The molecule has 0 amide bonds. The highest BCUT2D eigenvalue weighted by Gasteiger charge is 2.27. The minimum Gasteiger partial charge on any atom is -0.379 e. The van der Waals surface area contributed by atoms with Crippen LogP contribution in [0.4, 0.5) is 5.82 Å². The molecule has 1 fully saturated rings. The highest BCUT2D eigenvalue weighted by Crippen LogP contribution is 2.18. The summed E-state index contributed by atoms with van der Waals surface area (Å²) >= 11 is 1.70. The molecule has 0 unspecified atom stereocenters. The molecule has 3 rings (SSSR count). The first kappa shape index (κ1) is 16.4. The smallest absolute Gasteiger partial charge is 0.274 e. The number of ether oxygens (including phenoxy) is 1. The van der Waals surface area contributed by atoms with Gasteiger partial charge >= 0.3 is 0 Å². The van der Waals surface area contributed by atoms with Crippen LogP contribution in [0.25, 0.3) is 0 Å². The molecule has 0 aliphatic carbocycles. The van der Waals surface area contributed by atoms with Crippen molar-refractivity contribution >= 4 is 27.2 Å². The number of H-pyrrole nitrogens is 1. The zero-order chi connectivity index (χ0) is 16.3. The first-order chi connectivity index (χ1) is 11.1. The van der Waals surface area contributed by atoms with E-state index < -0.39 is 10.0 Å². The molecule has 1 saturated heterocycles. The topological polar surface area (TPSA) is 64.0 Å². The molecule has 6 nitrogen and oxygen atoms in total. The summed E-state index contributed by atoms with van der Waals surface area (Å²) in [5.74, 6) is 0.874. The van der Waals surface area contributed by atoms with E-state index in [2.05, 4.69) is 16.0 Å². The maximum Gasteiger partial charge on any atom is 0.274 e. The fraction of sp³-hybridized carbons (Fsp3) is 0.400. The number of pyridine rings is 1. The molecule has 2 aromatic rings. The molecule has 8 heteroatoms. The van der Waals surface area contributed by atoms with Crippen LogP contribution in [0.2, 0.25) is 0 Å². The molecule has 1 aliphatic heterocycles. The predicted octanol–water partition coefficient (Wildman–Crippen LogP) is 1.22. The Kier molecular flexibility index (Phi) is 4.96. The Labute approximate surface area is 140 Å². The maximum atomic E-state index is 12.6. The zero-order valence-corrected chi connectivity index (χ0v) is 14.6. The van der Waals surface area contributed by atoms with Crippen molar-refractivity contribution in [3.05, 3.63) is 40.7 Å². The molecule has 0 radical (unpaired) electrons. The lowest BCUT2D eigenvalue weighted by Crippen LogP contribution is -2.41. The Morgan fingerprint density at radius 1 is 1.30 bits per heavy atom. The summed E-state index contributed by atoms with van der Waals surface area (Å²) in [6, 6.07) is 7.57. The van der Waals surface area contributed by atoms with Crippen LogP contribution < -0.4 is 9.88 Å². The molecular weight excluding hydrogens is 334 g/mol. The van der Waals surface area contributed by atoms with E-state index in [9.17, 15) is 8.42 Å². The van der Waals surface area contributed by atoms with Gasteiger partial charge in [-0.2, -0.15) is 4.31 Å². The normalized spacial score (nSPS) is 16.4. The summed E-state index contributed by atoms with van der Waals surface area (Å²) in [7, 11) is -1.47. The van der Waals surface area contributed by atoms with Crippen LogP contribution in [0.1, 0.15) is 4.88 Å². The number of thiophene rings is 1. The minimum absolute atomic E-state index is 0.285. The van der Waals surface area contributed by atoms with Crippen molar-refractivity contribution < 1.29 is 18.1 Å². The maximum absolute atomic E-state index is 12.6. The molecule has 1 aliphatic rings. The fourth-order valence-corrected chi connectivity index (χ4v) is 4.59. The van der Waals surface area contributed by atoms with E-state index in [0.29, 0.717) is 26.3 Å². The lowest BCUT2D eigenvalue weighted by molar-refractivity contribution is -0.367. The number of morpholine rings is 1. The second-order valence-corrected chi connectivity index (χ2v) is 8.33. The molecule has 23 heavy (non-hydrogen) atoms. The lowest BCUT2D eigenvalue weighted by Gasteiger charge is -2.25. The van der Waals surface area contributed by atoms with Crippen LogP contribution in [-0.4, -0.2) is 46.1 Å². The van der Waals surface area contributed by atoms with E-state index in [1.165, 1.54) is 9.18 Å².